The van der Waals surface area contributed by atoms with Gasteiger partial charge in [0, 0.05) is 12.8 Å². The highest BCUT2D eigenvalue weighted by Crippen LogP contribution is 1.89. The van der Waals surface area contributed by atoms with Crippen LogP contribution in [0.3, 0.4) is 0 Å². The van der Waals surface area contributed by atoms with Gasteiger partial charge in [0.25, 0.3) is 0 Å². The molecule has 0 aliphatic carbocycles. The maximum Gasteiger partial charge on any atom is 0.0108 e. The molecule has 0 fully saturated rings. The molecule has 0 heterocycles. The van der Waals surface area contributed by atoms with E-state index < -0.39 is 0 Å². The number of rotatable bonds is 2. The molecule has 0 rings (SSSR count). The van der Waals surface area contributed by atoms with E-state index in [-0.39, 0.29) is 0 Å². The van der Waals surface area contributed by atoms with Crippen LogP contribution in [0.2, 0.25) is 0 Å². The van der Waals surface area contributed by atoms with Crippen molar-refractivity contribution in [3.63, 3.8) is 0 Å². The van der Waals surface area contributed by atoms with E-state index >= 15 is 0 Å². The molecule has 0 amide bonds. The third-order valence-corrected chi connectivity index (χ3v) is 0.783. The summed E-state index contributed by atoms with van der Waals surface area (Å²) in [6.07, 6.45) is 12.4. The standard InChI is InChI=1S/C9H8/c1-3-5-7-9-8-6-4-2/h1-2H,5,7,9H2. The van der Waals surface area contributed by atoms with Gasteiger partial charge < -0.3 is 0 Å². The third kappa shape index (κ3) is 6.68. The highest BCUT2D eigenvalue weighted by atomic mass is 13.8. The first kappa shape index (κ1) is 7.68. The molecule has 0 aromatic rings. The van der Waals surface area contributed by atoms with Gasteiger partial charge in [-0.3, -0.25) is 0 Å². The van der Waals surface area contributed by atoms with Crippen LogP contribution in [0.4, 0.5) is 0 Å². The average Bonchev–Trinajstić information content (AvgIpc) is 1.89. The molecular weight excluding hydrogens is 108 g/mol. The fourth-order valence-corrected chi connectivity index (χ4v) is 0.392. The molecule has 0 saturated heterocycles. The molecule has 0 nitrogen and oxygen atoms in total. The molecule has 0 aliphatic heterocycles. The van der Waals surface area contributed by atoms with E-state index in [4.69, 9.17) is 12.8 Å². The summed E-state index contributed by atoms with van der Waals surface area (Å²) in [5, 5.41) is 0. The summed E-state index contributed by atoms with van der Waals surface area (Å²) in [7, 11) is 0. The van der Waals surface area contributed by atoms with Gasteiger partial charge in [0.15, 0.2) is 0 Å². The van der Waals surface area contributed by atoms with Crippen LogP contribution in [0.5, 0.6) is 0 Å². The van der Waals surface area contributed by atoms with Crippen molar-refractivity contribution in [2.75, 3.05) is 0 Å². The largest absolute Gasteiger partial charge is 0.120 e. The summed E-state index contributed by atoms with van der Waals surface area (Å²) in [6.45, 7) is 0. The molecular formula is C9H8. The number of terminal acetylenes is 2. The second kappa shape index (κ2) is 6.68. The van der Waals surface area contributed by atoms with Gasteiger partial charge in [-0.2, -0.15) is 0 Å². The Kier molecular flexibility index (Phi) is 5.70. The van der Waals surface area contributed by atoms with E-state index in [9.17, 15) is 0 Å². The van der Waals surface area contributed by atoms with E-state index in [1.54, 1.807) is 0 Å². The van der Waals surface area contributed by atoms with E-state index in [2.05, 4.69) is 23.7 Å². The van der Waals surface area contributed by atoms with Crippen LogP contribution >= 0.6 is 0 Å². The van der Waals surface area contributed by atoms with Crippen LogP contribution in [-0.2, 0) is 0 Å². The monoisotopic (exact) mass is 116 g/mol. The number of unbranched alkanes of at least 4 members (excludes halogenated alkanes) is 2. The van der Waals surface area contributed by atoms with E-state index in [1.165, 1.54) is 0 Å². The molecule has 0 aliphatic rings. The predicted octanol–water partition coefficient (Wildman–Crippen LogP) is 1.43. The van der Waals surface area contributed by atoms with Crippen LogP contribution < -0.4 is 0 Å². The van der Waals surface area contributed by atoms with Crippen LogP contribution in [0.1, 0.15) is 19.3 Å². The summed E-state index contributed by atoms with van der Waals surface area (Å²) in [5.41, 5.74) is 0. The normalized spacial score (nSPS) is 6.00. The first-order valence-electron chi connectivity index (χ1n) is 2.78. The first-order chi connectivity index (χ1) is 4.41. The quantitative estimate of drug-likeness (QED) is 0.378. The zero-order valence-electron chi connectivity index (χ0n) is 5.28. The van der Waals surface area contributed by atoms with Crippen LogP contribution in [0.25, 0.3) is 0 Å². The van der Waals surface area contributed by atoms with E-state index in [0.717, 1.165) is 19.3 Å². The topological polar surface area (TPSA) is 0 Å². The van der Waals surface area contributed by atoms with Crippen molar-refractivity contribution in [1.82, 2.24) is 0 Å². The lowest BCUT2D eigenvalue weighted by Crippen LogP contribution is -1.67. The molecule has 9 heavy (non-hydrogen) atoms. The second-order valence-corrected chi connectivity index (χ2v) is 1.50. The molecule has 0 atom stereocenters. The number of hydrogen-bond donors (Lipinski definition) is 0. The average molecular weight is 116 g/mol. The lowest BCUT2D eigenvalue weighted by molar-refractivity contribution is 0.904. The summed E-state index contributed by atoms with van der Waals surface area (Å²) < 4.78 is 0. The number of hydrogen-bond acceptors (Lipinski definition) is 0. The van der Waals surface area contributed by atoms with Gasteiger partial charge in [-0.15, -0.1) is 18.8 Å². The Labute approximate surface area is 56.7 Å². The second-order valence-electron chi connectivity index (χ2n) is 1.50. The Morgan fingerprint density at radius 2 is 1.89 bits per heavy atom. The van der Waals surface area contributed by atoms with Gasteiger partial charge in [0.2, 0.25) is 0 Å². The molecule has 44 valence electrons. The molecule has 0 aromatic heterocycles. The van der Waals surface area contributed by atoms with Gasteiger partial charge in [-0.05, 0) is 18.3 Å². The van der Waals surface area contributed by atoms with Crippen LogP contribution in [0.15, 0.2) is 0 Å². The Bertz CT molecular complexity index is 187. The van der Waals surface area contributed by atoms with Gasteiger partial charge >= 0.3 is 0 Å². The Morgan fingerprint density at radius 3 is 2.44 bits per heavy atom. The smallest absolute Gasteiger partial charge is 0.0108 e. The summed E-state index contributed by atoms with van der Waals surface area (Å²) in [4.78, 5) is 0. The lowest BCUT2D eigenvalue weighted by Gasteiger charge is -1.80. The molecule has 0 saturated carbocycles. The SMILES string of the molecule is C#CC#CCCCC#C. The Morgan fingerprint density at radius 1 is 1.11 bits per heavy atom. The first-order valence-corrected chi connectivity index (χ1v) is 2.78. The predicted molar refractivity (Wildman–Crippen MR) is 39.3 cm³/mol. The minimum atomic E-state index is 0.791. The van der Waals surface area contributed by atoms with Gasteiger partial charge in [-0.1, -0.05) is 5.92 Å². The maximum atomic E-state index is 5.00. The van der Waals surface area contributed by atoms with Crippen LogP contribution in [0, 0.1) is 36.5 Å². The minimum Gasteiger partial charge on any atom is -0.120 e. The van der Waals surface area contributed by atoms with Gasteiger partial charge in [0.1, 0.15) is 0 Å². The van der Waals surface area contributed by atoms with Crippen molar-refractivity contribution in [2.24, 2.45) is 0 Å². The van der Waals surface area contributed by atoms with Gasteiger partial charge in [0.05, 0.1) is 0 Å². The summed E-state index contributed by atoms with van der Waals surface area (Å²) in [5.74, 6) is 10.1. The lowest BCUT2D eigenvalue weighted by atomic mass is 10.2. The van der Waals surface area contributed by atoms with Crippen molar-refractivity contribution in [2.45, 2.75) is 19.3 Å². The third-order valence-electron chi connectivity index (χ3n) is 0.783. The maximum absolute atomic E-state index is 5.00. The van der Waals surface area contributed by atoms with Crippen molar-refractivity contribution in [3.05, 3.63) is 0 Å². The Hall–Kier alpha value is -1.32. The van der Waals surface area contributed by atoms with Crippen molar-refractivity contribution < 1.29 is 0 Å². The van der Waals surface area contributed by atoms with Crippen molar-refractivity contribution in [3.8, 4) is 36.5 Å². The van der Waals surface area contributed by atoms with E-state index in [0.29, 0.717) is 0 Å². The molecule has 0 heteroatoms. The Balaban J connectivity index is 3.14. The summed E-state index contributed by atoms with van der Waals surface area (Å²) >= 11 is 0. The van der Waals surface area contributed by atoms with Gasteiger partial charge in [-0.25, -0.2) is 0 Å². The zero-order valence-corrected chi connectivity index (χ0v) is 5.28. The molecule has 0 bridgehead atoms. The molecule has 0 N–H and O–H groups in total. The fraction of sp³-hybridized carbons (Fsp3) is 0.333. The van der Waals surface area contributed by atoms with E-state index in [1.807, 2.05) is 0 Å². The highest BCUT2D eigenvalue weighted by molar-refractivity contribution is 5.21. The summed E-state index contributed by atoms with van der Waals surface area (Å²) in [6, 6.07) is 0. The molecule has 0 aromatic carbocycles. The van der Waals surface area contributed by atoms with Crippen LogP contribution in [-0.4, -0.2) is 0 Å². The molecule has 0 unspecified atom stereocenters. The molecule has 0 spiro atoms. The zero-order chi connectivity index (χ0) is 6.95. The molecule has 0 radical (unpaired) electrons. The highest BCUT2D eigenvalue weighted by Gasteiger charge is 1.76. The van der Waals surface area contributed by atoms with Crippen molar-refractivity contribution >= 4 is 0 Å². The fourth-order valence-electron chi connectivity index (χ4n) is 0.392. The minimum absolute atomic E-state index is 0.791. The van der Waals surface area contributed by atoms with Crippen molar-refractivity contribution in [1.29, 1.82) is 0 Å².